The highest BCUT2D eigenvalue weighted by molar-refractivity contribution is 7.92. The molecule has 3 aromatic carbocycles. The van der Waals surface area contributed by atoms with Crippen molar-refractivity contribution in [1.29, 1.82) is 0 Å². The van der Waals surface area contributed by atoms with Crippen LogP contribution >= 0.6 is 0 Å². The second-order valence-corrected chi connectivity index (χ2v) is 9.24. The molecule has 0 saturated heterocycles. The molecule has 0 aliphatic rings. The van der Waals surface area contributed by atoms with E-state index in [2.05, 4.69) is 5.32 Å². The number of nitrogens with zero attached hydrogens (tertiary/aromatic N) is 1. The minimum Gasteiger partial charge on any atom is -0.492 e. The van der Waals surface area contributed by atoms with Gasteiger partial charge in [0.15, 0.2) is 0 Å². The fourth-order valence-electron chi connectivity index (χ4n) is 3.10. The largest absolute Gasteiger partial charge is 0.492 e. The Balaban J connectivity index is 1.61. The first-order valence-electron chi connectivity index (χ1n) is 10.0. The second kappa shape index (κ2) is 10.3. The van der Waals surface area contributed by atoms with Gasteiger partial charge in [0, 0.05) is 11.1 Å². The van der Waals surface area contributed by atoms with Crippen LogP contribution in [0.3, 0.4) is 0 Å². The molecule has 1 amide bonds. The van der Waals surface area contributed by atoms with Crippen LogP contribution in [0.2, 0.25) is 0 Å². The quantitative estimate of drug-likeness (QED) is 0.496. The Hall–Kier alpha value is -3.39. The van der Waals surface area contributed by atoms with Crippen LogP contribution < -0.4 is 14.4 Å². The summed E-state index contributed by atoms with van der Waals surface area (Å²) in [7, 11) is -3.66. The van der Waals surface area contributed by atoms with Crippen molar-refractivity contribution >= 4 is 21.6 Å². The highest BCUT2D eigenvalue weighted by Crippen LogP contribution is 2.22. The van der Waals surface area contributed by atoms with E-state index in [1.165, 1.54) is 36.4 Å². The summed E-state index contributed by atoms with van der Waals surface area (Å²) >= 11 is 0. The van der Waals surface area contributed by atoms with Crippen LogP contribution in [-0.2, 0) is 16.6 Å². The lowest BCUT2D eigenvalue weighted by Gasteiger charge is -2.23. The molecule has 8 heteroatoms. The summed E-state index contributed by atoms with van der Waals surface area (Å²) in [6.07, 6.45) is 1.06. The van der Waals surface area contributed by atoms with Crippen LogP contribution in [0.4, 0.5) is 10.1 Å². The molecule has 0 aliphatic heterocycles. The predicted octanol–water partition coefficient (Wildman–Crippen LogP) is 3.91. The number of ether oxygens (including phenoxy) is 1. The normalized spacial score (nSPS) is 11.1. The van der Waals surface area contributed by atoms with Gasteiger partial charge in [-0.05, 0) is 55.0 Å². The van der Waals surface area contributed by atoms with Crippen LogP contribution in [0.1, 0.15) is 21.5 Å². The molecule has 0 radical (unpaired) electrons. The summed E-state index contributed by atoms with van der Waals surface area (Å²) in [5.74, 6) is -0.0475. The van der Waals surface area contributed by atoms with Crippen LogP contribution in [0.25, 0.3) is 0 Å². The molecule has 0 unspecified atom stereocenters. The second-order valence-electron chi connectivity index (χ2n) is 7.33. The molecule has 0 aliphatic carbocycles. The maximum atomic E-state index is 14.0. The molecular formula is C24H25FN2O4S. The van der Waals surface area contributed by atoms with Crippen LogP contribution in [0.5, 0.6) is 5.75 Å². The molecule has 6 nitrogen and oxygen atoms in total. The van der Waals surface area contributed by atoms with Crippen molar-refractivity contribution in [2.75, 3.05) is 23.7 Å². The van der Waals surface area contributed by atoms with E-state index in [9.17, 15) is 17.6 Å². The maximum Gasteiger partial charge on any atom is 0.251 e. The highest BCUT2D eigenvalue weighted by Gasteiger charge is 2.20. The number of carbonyl (C=O) groups excluding carboxylic acids is 1. The van der Waals surface area contributed by atoms with Gasteiger partial charge < -0.3 is 10.1 Å². The monoisotopic (exact) mass is 456 g/mol. The molecule has 3 rings (SSSR count). The van der Waals surface area contributed by atoms with Crippen molar-refractivity contribution in [3.05, 3.63) is 95.3 Å². The number of anilines is 1. The molecule has 3 aromatic rings. The van der Waals surface area contributed by atoms with Gasteiger partial charge in [-0.15, -0.1) is 0 Å². The van der Waals surface area contributed by atoms with Crippen LogP contribution in [-0.4, -0.2) is 33.7 Å². The highest BCUT2D eigenvalue weighted by atomic mass is 32.2. The van der Waals surface area contributed by atoms with Gasteiger partial charge >= 0.3 is 0 Å². The van der Waals surface area contributed by atoms with Crippen LogP contribution in [0, 0.1) is 12.7 Å². The number of aryl methyl sites for hydroxylation is 1. The number of benzene rings is 3. The summed E-state index contributed by atoms with van der Waals surface area (Å²) in [4.78, 5) is 12.4. The Labute approximate surface area is 187 Å². The third-order valence-electron chi connectivity index (χ3n) is 4.74. The molecule has 32 heavy (non-hydrogen) atoms. The van der Waals surface area contributed by atoms with E-state index in [0.717, 1.165) is 21.9 Å². The Bertz CT molecular complexity index is 1180. The lowest BCUT2D eigenvalue weighted by atomic mass is 10.1. The maximum absolute atomic E-state index is 14.0. The van der Waals surface area contributed by atoms with Crippen molar-refractivity contribution < 1.29 is 22.3 Å². The summed E-state index contributed by atoms with van der Waals surface area (Å²) in [5.41, 5.74) is 2.07. The molecule has 1 N–H and O–H groups in total. The molecule has 168 valence electrons. The van der Waals surface area contributed by atoms with E-state index in [1.807, 2.05) is 31.2 Å². The van der Waals surface area contributed by atoms with Crippen LogP contribution in [0.15, 0.2) is 72.8 Å². The van der Waals surface area contributed by atoms with Gasteiger partial charge in [0.05, 0.1) is 25.0 Å². The molecule has 0 fully saturated rings. The molecule has 0 saturated carbocycles. The number of sulfonamides is 1. The molecule has 0 aromatic heterocycles. The van der Waals surface area contributed by atoms with E-state index in [-0.39, 0.29) is 18.0 Å². The van der Waals surface area contributed by atoms with Gasteiger partial charge in [-0.25, -0.2) is 12.8 Å². The first kappa shape index (κ1) is 23.3. The van der Waals surface area contributed by atoms with Gasteiger partial charge in [-0.2, -0.15) is 0 Å². The van der Waals surface area contributed by atoms with Crippen molar-refractivity contribution in [1.82, 2.24) is 5.32 Å². The minimum atomic E-state index is -3.66. The first-order valence-corrected chi connectivity index (χ1v) is 11.9. The fraction of sp³-hybridized carbons (Fsp3) is 0.208. The van der Waals surface area contributed by atoms with Crippen molar-refractivity contribution in [2.24, 2.45) is 0 Å². The minimum absolute atomic E-state index is 0.145. The van der Waals surface area contributed by atoms with Crippen molar-refractivity contribution in [3.8, 4) is 5.75 Å². The Morgan fingerprint density at radius 1 is 1.03 bits per heavy atom. The fourth-order valence-corrected chi connectivity index (χ4v) is 3.98. The summed E-state index contributed by atoms with van der Waals surface area (Å²) in [5, 5.41) is 2.76. The third kappa shape index (κ3) is 6.31. The number of hydrogen-bond acceptors (Lipinski definition) is 4. The van der Waals surface area contributed by atoms with E-state index in [0.29, 0.717) is 24.4 Å². The lowest BCUT2D eigenvalue weighted by Crippen LogP contribution is -2.30. The topological polar surface area (TPSA) is 75.7 Å². The average molecular weight is 457 g/mol. The zero-order chi connectivity index (χ0) is 23.1. The SMILES string of the molecule is Cc1cccc(OCCNC(=O)c2ccc(N(Cc3ccccc3F)S(C)(=O)=O)cc2)c1. The first-order chi connectivity index (χ1) is 15.2. The number of halogens is 1. The Morgan fingerprint density at radius 3 is 2.41 bits per heavy atom. The standard InChI is InChI=1S/C24H25FN2O4S/c1-18-6-5-8-22(16-18)31-15-14-26-24(28)19-10-12-21(13-11-19)27(32(2,29)30)17-20-7-3-4-9-23(20)25/h3-13,16H,14-15,17H2,1-2H3,(H,26,28). The molecule has 0 spiro atoms. The van der Waals surface area contributed by atoms with Gasteiger partial charge in [0.1, 0.15) is 18.2 Å². The van der Waals surface area contributed by atoms with Gasteiger partial charge in [0.25, 0.3) is 5.91 Å². The van der Waals surface area contributed by atoms with Crippen molar-refractivity contribution in [2.45, 2.75) is 13.5 Å². The van der Waals surface area contributed by atoms with E-state index < -0.39 is 15.8 Å². The molecule has 0 bridgehead atoms. The average Bonchev–Trinajstić information content (AvgIpc) is 2.75. The number of hydrogen-bond donors (Lipinski definition) is 1. The lowest BCUT2D eigenvalue weighted by molar-refractivity contribution is 0.0947. The van der Waals surface area contributed by atoms with E-state index in [1.54, 1.807) is 12.1 Å². The zero-order valence-corrected chi connectivity index (χ0v) is 18.7. The Morgan fingerprint density at radius 2 is 1.75 bits per heavy atom. The smallest absolute Gasteiger partial charge is 0.251 e. The number of carbonyl (C=O) groups is 1. The predicted molar refractivity (Wildman–Crippen MR) is 123 cm³/mol. The van der Waals surface area contributed by atoms with Gasteiger partial charge in [-0.1, -0.05) is 30.3 Å². The van der Waals surface area contributed by atoms with Gasteiger partial charge in [0.2, 0.25) is 10.0 Å². The van der Waals surface area contributed by atoms with E-state index in [4.69, 9.17) is 4.74 Å². The number of nitrogens with one attached hydrogen (secondary N) is 1. The van der Waals surface area contributed by atoms with Gasteiger partial charge in [-0.3, -0.25) is 9.10 Å². The molecular weight excluding hydrogens is 431 g/mol. The zero-order valence-electron chi connectivity index (χ0n) is 17.9. The molecule has 0 heterocycles. The van der Waals surface area contributed by atoms with E-state index >= 15 is 0 Å². The Kier molecular flexibility index (Phi) is 7.48. The molecule has 0 atom stereocenters. The summed E-state index contributed by atoms with van der Waals surface area (Å²) < 4.78 is 45.3. The summed E-state index contributed by atoms with van der Waals surface area (Å²) in [6, 6.07) is 19.8. The number of rotatable bonds is 9. The summed E-state index contributed by atoms with van der Waals surface area (Å²) in [6.45, 7) is 2.46. The van der Waals surface area contributed by atoms with Crippen molar-refractivity contribution in [3.63, 3.8) is 0 Å². The third-order valence-corrected chi connectivity index (χ3v) is 5.88. The number of amides is 1.